The number of hydrogen-bond acceptors (Lipinski definition) is 5. The van der Waals surface area contributed by atoms with E-state index < -0.39 is 0 Å². The lowest BCUT2D eigenvalue weighted by Crippen LogP contribution is -2.40. The van der Waals surface area contributed by atoms with Gasteiger partial charge < -0.3 is 4.90 Å². The quantitative estimate of drug-likeness (QED) is 0.814. The third kappa shape index (κ3) is 2.82. The predicted octanol–water partition coefficient (Wildman–Crippen LogP) is 3.30. The fraction of sp³-hybridized carbons (Fsp3) is 0.400. The minimum atomic E-state index is -0.161. The highest BCUT2D eigenvalue weighted by molar-refractivity contribution is 8.02. The Kier molecular flexibility index (Phi) is 3.99. The summed E-state index contributed by atoms with van der Waals surface area (Å²) in [6.07, 6.45) is 0.928. The number of fused-ring (bicyclic) bond motifs is 1. The molecule has 4 nitrogen and oxygen atoms in total. The van der Waals surface area contributed by atoms with Gasteiger partial charge in [0.05, 0.1) is 5.25 Å². The van der Waals surface area contributed by atoms with Crippen molar-refractivity contribution in [2.45, 2.75) is 42.8 Å². The first-order valence-corrected chi connectivity index (χ1v) is 8.63. The molecule has 2 atom stereocenters. The van der Waals surface area contributed by atoms with E-state index in [1.807, 2.05) is 36.9 Å². The molecule has 1 aliphatic heterocycles. The average molecular weight is 319 g/mol. The molecule has 2 aromatic rings. The average Bonchev–Trinajstić information content (AvgIpc) is 3.00. The fourth-order valence-electron chi connectivity index (χ4n) is 2.62. The highest BCUT2D eigenvalue weighted by atomic mass is 32.2. The summed E-state index contributed by atoms with van der Waals surface area (Å²) in [7, 11) is 0. The minimum absolute atomic E-state index is 0.144. The first-order valence-electron chi connectivity index (χ1n) is 6.94. The molecule has 1 aliphatic rings. The second-order valence-electron chi connectivity index (χ2n) is 5.24. The number of carbonyl (C=O) groups is 1. The molecule has 0 saturated carbocycles. The van der Waals surface area contributed by atoms with Crippen molar-refractivity contribution in [2.24, 2.45) is 0 Å². The summed E-state index contributed by atoms with van der Waals surface area (Å²) >= 11 is 3.02. The zero-order valence-electron chi connectivity index (χ0n) is 12.2. The SMILES string of the molecule is Cc1nnc(S[C@H](C)C(=O)N2c3ccccc3C[C@@H]2C)s1. The summed E-state index contributed by atoms with van der Waals surface area (Å²) in [6, 6.07) is 8.37. The summed E-state index contributed by atoms with van der Waals surface area (Å²) in [5, 5.41) is 8.86. The molecule has 2 heterocycles. The van der Waals surface area contributed by atoms with Crippen LogP contribution in [0.5, 0.6) is 0 Å². The van der Waals surface area contributed by atoms with Crippen LogP contribution in [0.3, 0.4) is 0 Å². The predicted molar refractivity (Wildman–Crippen MR) is 87.1 cm³/mol. The second-order valence-corrected chi connectivity index (χ2v) is 8.01. The van der Waals surface area contributed by atoms with E-state index >= 15 is 0 Å². The minimum Gasteiger partial charge on any atom is -0.308 e. The van der Waals surface area contributed by atoms with Gasteiger partial charge in [0.15, 0.2) is 4.34 Å². The van der Waals surface area contributed by atoms with Crippen molar-refractivity contribution in [1.82, 2.24) is 10.2 Å². The summed E-state index contributed by atoms with van der Waals surface area (Å²) in [5.41, 5.74) is 2.30. The lowest BCUT2D eigenvalue weighted by molar-refractivity contribution is -0.118. The smallest absolute Gasteiger partial charge is 0.240 e. The first-order chi connectivity index (χ1) is 10.1. The molecule has 1 aromatic heterocycles. The Hall–Kier alpha value is -1.40. The third-order valence-corrected chi connectivity index (χ3v) is 5.59. The summed E-state index contributed by atoms with van der Waals surface area (Å²) in [4.78, 5) is 14.7. The van der Waals surface area contributed by atoms with Gasteiger partial charge in [0.1, 0.15) is 5.01 Å². The van der Waals surface area contributed by atoms with Gasteiger partial charge >= 0.3 is 0 Å². The lowest BCUT2D eigenvalue weighted by Gasteiger charge is -2.25. The molecule has 0 saturated heterocycles. The Morgan fingerprint density at radius 2 is 2.19 bits per heavy atom. The van der Waals surface area contributed by atoms with E-state index in [4.69, 9.17) is 0 Å². The maximum Gasteiger partial charge on any atom is 0.240 e. The molecule has 1 amide bonds. The Labute approximate surface area is 132 Å². The van der Waals surface area contributed by atoms with Crippen LogP contribution < -0.4 is 4.90 Å². The highest BCUT2D eigenvalue weighted by Crippen LogP contribution is 2.35. The molecule has 21 heavy (non-hydrogen) atoms. The standard InChI is InChI=1S/C15H17N3OS2/c1-9-8-12-6-4-5-7-13(12)18(9)14(19)10(2)20-15-17-16-11(3)21-15/h4-7,9-10H,8H2,1-3H3/t9-,10+/m0/s1. The van der Waals surface area contributed by atoms with Gasteiger partial charge in [-0.3, -0.25) is 4.79 Å². The van der Waals surface area contributed by atoms with Crippen LogP contribution in [0.15, 0.2) is 28.6 Å². The molecular formula is C15H17N3OS2. The number of benzene rings is 1. The number of amides is 1. The first kappa shape index (κ1) is 14.5. The highest BCUT2D eigenvalue weighted by Gasteiger charge is 2.33. The van der Waals surface area contributed by atoms with E-state index in [0.29, 0.717) is 0 Å². The number of nitrogens with zero attached hydrogens (tertiary/aromatic N) is 3. The van der Waals surface area contributed by atoms with Crippen molar-refractivity contribution < 1.29 is 4.79 Å². The molecule has 0 aliphatic carbocycles. The van der Waals surface area contributed by atoms with Crippen LogP contribution in [0, 0.1) is 6.92 Å². The molecule has 0 fully saturated rings. The molecular weight excluding hydrogens is 302 g/mol. The van der Waals surface area contributed by atoms with Crippen molar-refractivity contribution >= 4 is 34.7 Å². The Balaban J connectivity index is 1.78. The number of carbonyl (C=O) groups excluding carboxylic acids is 1. The zero-order chi connectivity index (χ0) is 15.0. The van der Waals surface area contributed by atoms with Crippen LogP contribution in [0.1, 0.15) is 24.4 Å². The van der Waals surface area contributed by atoms with E-state index in [2.05, 4.69) is 23.2 Å². The molecule has 3 rings (SSSR count). The van der Waals surface area contributed by atoms with Gasteiger partial charge in [-0.05, 0) is 38.8 Å². The van der Waals surface area contributed by atoms with Crippen molar-refractivity contribution in [1.29, 1.82) is 0 Å². The van der Waals surface area contributed by atoms with Gasteiger partial charge in [-0.15, -0.1) is 10.2 Å². The van der Waals surface area contributed by atoms with Gasteiger partial charge in [0, 0.05) is 11.7 Å². The molecule has 110 valence electrons. The number of thioether (sulfide) groups is 1. The monoisotopic (exact) mass is 319 g/mol. The molecule has 0 radical (unpaired) electrons. The lowest BCUT2D eigenvalue weighted by atomic mass is 10.1. The zero-order valence-corrected chi connectivity index (χ0v) is 13.9. The summed E-state index contributed by atoms with van der Waals surface area (Å²) < 4.78 is 0.855. The van der Waals surface area contributed by atoms with E-state index in [9.17, 15) is 4.79 Å². The van der Waals surface area contributed by atoms with Gasteiger partial charge in [0.25, 0.3) is 0 Å². The van der Waals surface area contributed by atoms with Crippen molar-refractivity contribution in [3.63, 3.8) is 0 Å². The number of rotatable bonds is 3. The number of para-hydroxylation sites is 1. The van der Waals surface area contributed by atoms with Crippen LogP contribution in [0.2, 0.25) is 0 Å². The number of anilines is 1. The van der Waals surface area contributed by atoms with Gasteiger partial charge in [-0.25, -0.2) is 0 Å². The third-order valence-electron chi connectivity index (χ3n) is 3.58. The van der Waals surface area contributed by atoms with E-state index in [-0.39, 0.29) is 17.2 Å². The van der Waals surface area contributed by atoms with Crippen LogP contribution in [-0.2, 0) is 11.2 Å². The molecule has 0 spiro atoms. The van der Waals surface area contributed by atoms with Crippen LogP contribution in [0.25, 0.3) is 0 Å². The summed E-state index contributed by atoms with van der Waals surface area (Å²) in [5.74, 6) is 0.144. The molecule has 0 N–H and O–H groups in total. The maximum absolute atomic E-state index is 12.8. The topological polar surface area (TPSA) is 46.1 Å². The van der Waals surface area contributed by atoms with Crippen molar-refractivity contribution in [3.05, 3.63) is 34.8 Å². The number of aryl methyl sites for hydroxylation is 1. The largest absolute Gasteiger partial charge is 0.308 e. The molecule has 1 aromatic carbocycles. The van der Waals surface area contributed by atoms with Crippen molar-refractivity contribution in [3.8, 4) is 0 Å². The van der Waals surface area contributed by atoms with E-state index in [1.54, 1.807) is 0 Å². The maximum atomic E-state index is 12.8. The van der Waals surface area contributed by atoms with Gasteiger partial charge in [-0.2, -0.15) is 0 Å². The van der Waals surface area contributed by atoms with E-state index in [1.165, 1.54) is 28.7 Å². The molecule has 0 unspecified atom stereocenters. The van der Waals surface area contributed by atoms with Gasteiger partial charge in [0.2, 0.25) is 5.91 Å². The van der Waals surface area contributed by atoms with Crippen molar-refractivity contribution in [2.75, 3.05) is 4.90 Å². The van der Waals surface area contributed by atoms with Crippen LogP contribution in [0.4, 0.5) is 5.69 Å². The van der Waals surface area contributed by atoms with E-state index in [0.717, 1.165) is 21.5 Å². The van der Waals surface area contributed by atoms with Crippen LogP contribution in [-0.4, -0.2) is 27.4 Å². The second kappa shape index (κ2) is 5.77. The summed E-state index contributed by atoms with van der Waals surface area (Å²) in [6.45, 7) is 5.97. The van der Waals surface area contributed by atoms with Gasteiger partial charge in [-0.1, -0.05) is 41.3 Å². The number of hydrogen-bond donors (Lipinski definition) is 0. The molecule has 0 bridgehead atoms. The fourth-order valence-corrected chi connectivity index (χ4v) is 4.63. The number of aromatic nitrogens is 2. The Bertz CT molecular complexity index is 670. The Morgan fingerprint density at radius 1 is 1.43 bits per heavy atom. The Morgan fingerprint density at radius 3 is 2.90 bits per heavy atom. The molecule has 6 heteroatoms. The van der Waals surface area contributed by atoms with Crippen LogP contribution >= 0.6 is 23.1 Å². The normalized spacial score (nSPS) is 18.6.